The number of rotatable bonds is 3. The number of aryl methyl sites for hydroxylation is 2. The predicted molar refractivity (Wildman–Crippen MR) is 77.6 cm³/mol. The lowest BCUT2D eigenvalue weighted by molar-refractivity contribution is 0.953. The molecule has 6 nitrogen and oxygen atoms in total. The molecule has 3 heterocycles. The minimum atomic E-state index is -0.361. The van der Waals surface area contributed by atoms with Gasteiger partial charge in [-0.15, -0.1) is 11.3 Å². The van der Waals surface area contributed by atoms with Crippen molar-refractivity contribution >= 4 is 11.3 Å². The third-order valence-corrected chi connectivity index (χ3v) is 4.37. The van der Waals surface area contributed by atoms with Crippen LogP contribution in [0.3, 0.4) is 0 Å². The molecular weight excluding hydrogens is 276 g/mol. The molecule has 3 rings (SSSR count). The highest BCUT2D eigenvalue weighted by Gasteiger charge is 2.28. The number of hydrogen-bond donors (Lipinski definition) is 4. The zero-order valence-electron chi connectivity index (χ0n) is 11.0. The molecule has 0 aliphatic heterocycles. The highest BCUT2D eigenvalue weighted by Crippen LogP contribution is 2.33. The van der Waals surface area contributed by atoms with Crippen molar-refractivity contribution in [2.24, 2.45) is 0 Å². The van der Waals surface area contributed by atoms with Crippen molar-refractivity contribution in [3.8, 4) is 0 Å². The minimum absolute atomic E-state index is 0.194. The van der Waals surface area contributed by atoms with Gasteiger partial charge in [-0.2, -0.15) is 0 Å². The van der Waals surface area contributed by atoms with Gasteiger partial charge in [0, 0.05) is 16.3 Å². The first-order valence-electron chi connectivity index (χ1n) is 6.17. The Morgan fingerprint density at radius 3 is 1.85 bits per heavy atom. The second kappa shape index (κ2) is 4.68. The van der Waals surface area contributed by atoms with Gasteiger partial charge in [0.1, 0.15) is 0 Å². The van der Waals surface area contributed by atoms with Crippen molar-refractivity contribution in [1.29, 1.82) is 0 Å². The monoisotopic (exact) mass is 290 g/mol. The van der Waals surface area contributed by atoms with Gasteiger partial charge in [0.2, 0.25) is 0 Å². The molecular formula is C13H14N4O2S. The summed E-state index contributed by atoms with van der Waals surface area (Å²) in [5.41, 5.74) is 2.27. The van der Waals surface area contributed by atoms with E-state index in [-0.39, 0.29) is 17.0 Å². The number of hydrogen-bond acceptors (Lipinski definition) is 3. The van der Waals surface area contributed by atoms with E-state index in [1.54, 1.807) is 0 Å². The molecule has 0 amide bonds. The molecule has 0 radical (unpaired) electrons. The van der Waals surface area contributed by atoms with Crippen molar-refractivity contribution in [2.45, 2.75) is 19.8 Å². The van der Waals surface area contributed by atoms with Crippen LogP contribution in [-0.4, -0.2) is 20.4 Å². The molecule has 3 aromatic heterocycles. The van der Waals surface area contributed by atoms with Crippen molar-refractivity contribution in [2.75, 3.05) is 0 Å². The van der Waals surface area contributed by atoms with Crippen molar-refractivity contribution in [3.63, 3.8) is 0 Å². The van der Waals surface area contributed by atoms with Crippen LogP contribution in [0.5, 0.6) is 0 Å². The van der Waals surface area contributed by atoms with Crippen LogP contribution >= 0.6 is 11.3 Å². The van der Waals surface area contributed by atoms with Crippen LogP contribution in [0.1, 0.15) is 33.3 Å². The van der Waals surface area contributed by atoms with Gasteiger partial charge in [-0.25, -0.2) is 0 Å². The average molecular weight is 290 g/mol. The van der Waals surface area contributed by atoms with Gasteiger partial charge in [0.25, 0.3) is 11.1 Å². The fourth-order valence-electron chi connectivity index (χ4n) is 2.49. The quantitative estimate of drug-likeness (QED) is 0.589. The Balaban J connectivity index is 2.31. The average Bonchev–Trinajstić information content (AvgIpc) is 3.11. The van der Waals surface area contributed by atoms with Crippen LogP contribution in [0, 0.1) is 13.8 Å². The van der Waals surface area contributed by atoms with E-state index >= 15 is 0 Å². The Hall–Kier alpha value is -2.28. The molecule has 0 fully saturated rings. The molecule has 104 valence electrons. The fourth-order valence-corrected chi connectivity index (χ4v) is 3.33. The molecule has 7 heteroatoms. The summed E-state index contributed by atoms with van der Waals surface area (Å²) >= 11 is 1.53. The van der Waals surface area contributed by atoms with E-state index in [0.717, 1.165) is 16.3 Å². The fraction of sp³-hybridized carbons (Fsp3) is 0.231. The second-order valence-electron chi connectivity index (χ2n) is 4.68. The summed E-state index contributed by atoms with van der Waals surface area (Å²) in [7, 11) is 0. The molecule has 0 atom stereocenters. The third-order valence-electron chi connectivity index (χ3n) is 3.43. The molecule has 3 aromatic rings. The van der Waals surface area contributed by atoms with E-state index in [1.807, 2.05) is 31.4 Å². The van der Waals surface area contributed by atoms with Crippen LogP contribution in [0.4, 0.5) is 0 Å². The van der Waals surface area contributed by atoms with Crippen LogP contribution in [0.2, 0.25) is 0 Å². The molecule has 0 aliphatic carbocycles. The maximum absolute atomic E-state index is 12.1. The summed E-state index contributed by atoms with van der Waals surface area (Å²) in [5.74, 6) is -0.361. The zero-order chi connectivity index (χ0) is 14.3. The van der Waals surface area contributed by atoms with Gasteiger partial charge in [-0.3, -0.25) is 19.8 Å². The van der Waals surface area contributed by atoms with Gasteiger partial charge < -0.3 is 10.2 Å². The van der Waals surface area contributed by atoms with Gasteiger partial charge in [0.05, 0.1) is 17.0 Å². The first-order valence-corrected chi connectivity index (χ1v) is 7.05. The number of thiophene rings is 1. The number of nitrogens with one attached hydrogen (secondary N) is 4. The van der Waals surface area contributed by atoms with E-state index in [1.165, 1.54) is 11.3 Å². The SMILES string of the molecule is Cc1[nH][nH]c(=O)c1C(c1cccs1)c1c(C)[nH][nH]c1=O. The van der Waals surface area contributed by atoms with E-state index < -0.39 is 0 Å². The minimum Gasteiger partial charge on any atom is -0.302 e. The van der Waals surface area contributed by atoms with Crippen LogP contribution < -0.4 is 11.1 Å². The normalized spacial score (nSPS) is 11.3. The molecule has 4 N–H and O–H groups in total. The predicted octanol–water partition coefficient (Wildman–Crippen LogP) is 1.58. The van der Waals surface area contributed by atoms with Crippen LogP contribution in [0.25, 0.3) is 0 Å². The second-order valence-corrected chi connectivity index (χ2v) is 5.66. The molecule has 0 bridgehead atoms. The lowest BCUT2D eigenvalue weighted by Gasteiger charge is -2.13. The van der Waals surface area contributed by atoms with E-state index in [2.05, 4.69) is 20.4 Å². The van der Waals surface area contributed by atoms with E-state index in [9.17, 15) is 9.59 Å². The molecule has 0 spiro atoms. The Kier molecular flexibility index (Phi) is 2.98. The first-order chi connectivity index (χ1) is 9.59. The van der Waals surface area contributed by atoms with E-state index in [4.69, 9.17) is 0 Å². The van der Waals surface area contributed by atoms with Crippen LogP contribution in [-0.2, 0) is 0 Å². The van der Waals surface area contributed by atoms with Crippen molar-refractivity contribution in [1.82, 2.24) is 20.4 Å². The lowest BCUT2D eigenvalue weighted by Crippen LogP contribution is -2.19. The van der Waals surface area contributed by atoms with E-state index in [0.29, 0.717) is 11.1 Å². The summed E-state index contributed by atoms with van der Waals surface area (Å²) in [6.07, 6.45) is 0. The van der Waals surface area contributed by atoms with Gasteiger partial charge in [-0.1, -0.05) is 6.07 Å². The molecule has 0 unspecified atom stereocenters. The summed E-state index contributed by atoms with van der Waals surface area (Å²) in [4.78, 5) is 25.1. The number of H-pyrrole nitrogens is 4. The lowest BCUT2D eigenvalue weighted by atomic mass is 9.90. The molecule has 0 saturated heterocycles. The first kappa shape index (κ1) is 12.7. The number of aromatic amines is 4. The Morgan fingerprint density at radius 1 is 0.950 bits per heavy atom. The number of aromatic nitrogens is 4. The standard InChI is InChI=1S/C13H14N4O2S/c1-6-9(12(18)16-14-6)11(8-4-3-5-20-8)10-7(2)15-17-13(10)19/h3-5,11H,1-2H3,(H2,14,16,18)(H2,15,17,19). The van der Waals surface area contributed by atoms with Gasteiger partial charge >= 0.3 is 0 Å². The topological polar surface area (TPSA) is 97.3 Å². The van der Waals surface area contributed by atoms with Crippen LogP contribution in [0.15, 0.2) is 27.1 Å². The van der Waals surface area contributed by atoms with Gasteiger partial charge in [0.15, 0.2) is 0 Å². The molecule has 20 heavy (non-hydrogen) atoms. The van der Waals surface area contributed by atoms with Gasteiger partial charge in [-0.05, 0) is 25.3 Å². The van der Waals surface area contributed by atoms with Crippen molar-refractivity contribution in [3.05, 3.63) is 65.6 Å². The molecule has 0 saturated carbocycles. The summed E-state index contributed by atoms with van der Waals surface area (Å²) < 4.78 is 0. The summed E-state index contributed by atoms with van der Waals surface area (Å²) in [6.45, 7) is 3.65. The Morgan fingerprint density at radius 2 is 1.50 bits per heavy atom. The maximum Gasteiger partial charge on any atom is 0.268 e. The third kappa shape index (κ3) is 1.87. The molecule has 0 aromatic carbocycles. The zero-order valence-corrected chi connectivity index (χ0v) is 11.9. The summed E-state index contributed by atoms with van der Waals surface area (Å²) in [5, 5.41) is 12.8. The maximum atomic E-state index is 12.1. The largest absolute Gasteiger partial charge is 0.302 e. The highest BCUT2D eigenvalue weighted by molar-refractivity contribution is 7.10. The van der Waals surface area contributed by atoms with Crippen molar-refractivity contribution < 1.29 is 0 Å². The summed E-state index contributed by atoms with van der Waals surface area (Å²) in [6, 6.07) is 3.85. The highest BCUT2D eigenvalue weighted by atomic mass is 32.1. The Bertz CT molecular complexity index is 780. The molecule has 0 aliphatic rings. The Labute approximate surface area is 117 Å². The smallest absolute Gasteiger partial charge is 0.268 e.